The molecule has 0 saturated carbocycles. The molecule has 1 aliphatic carbocycles. The summed E-state index contributed by atoms with van der Waals surface area (Å²) in [6.45, 7) is 11.1. The van der Waals surface area contributed by atoms with Crippen LogP contribution in [0.3, 0.4) is 0 Å². The fraction of sp³-hybridized carbons (Fsp3) is 0.137. The summed E-state index contributed by atoms with van der Waals surface area (Å²) in [6, 6.07) is 52.2. The second-order valence-electron chi connectivity index (χ2n) is 16.7. The summed E-state index contributed by atoms with van der Waals surface area (Å²) in [6.07, 6.45) is 0. The number of rotatable bonds is 1. The van der Waals surface area contributed by atoms with E-state index in [0.29, 0.717) is 0 Å². The first-order valence-electron chi connectivity index (χ1n) is 19.3. The zero-order chi connectivity index (χ0) is 37.0. The Labute approximate surface area is 319 Å². The summed E-state index contributed by atoms with van der Waals surface area (Å²) >= 11 is 0. The van der Waals surface area contributed by atoms with Crippen LogP contribution in [0.15, 0.2) is 140 Å². The minimum atomic E-state index is -0.472. The summed E-state index contributed by atoms with van der Waals surface area (Å²) in [5.74, 6) is 1.01. The Kier molecular flexibility index (Phi) is 5.82. The Morgan fingerprint density at radius 1 is 0.527 bits per heavy atom. The lowest BCUT2D eigenvalue weighted by molar-refractivity contribution is 0.542. The minimum Gasteiger partial charge on any atom is -0.309 e. The van der Waals surface area contributed by atoms with E-state index in [1.54, 1.807) is 0 Å². The van der Waals surface area contributed by atoms with Gasteiger partial charge in [-0.1, -0.05) is 130 Å². The molecule has 0 atom stereocenters. The van der Waals surface area contributed by atoms with Crippen molar-refractivity contribution in [1.82, 2.24) is 18.9 Å². The van der Waals surface area contributed by atoms with E-state index in [-0.39, 0.29) is 5.41 Å². The maximum Gasteiger partial charge on any atom is 0.148 e. The van der Waals surface area contributed by atoms with Crippen molar-refractivity contribution in [2.45, 2.75) is 45.4 Å². The molecule has 4 heteroatoms. The van der Waals surface area contributed by atoms with Crippen molar-refractivity contribution in [3.05, 3.63) is 179 Å². The normalized spacial score (nSPS) is 14.1. The predicted octanol–water partition coefficient (Wildman–Crippen LogP) is 12.4. The van der Waals surface area contributed by atoms with Gasteiger partial charge in [-0.05, 0) is 94.3 Å². The summed E-state index contributed by atoms with van der Waals surface area (Å²) in [5.41, 5.74) is 19.8. The van der Waals surface area contributed by atoms with Crippen LogP contribution in [0.25, 0.3) is 77.3 Å². The SMILES string of the molecule is Cc1cc2nc3c4cccc(-c5ccc6c(c5)-n5c7ccccc7c7cccc(c75)C65c6ccccc6-c6ccccc65)c4nc(C(C)(C)C)n3c2cc1C. The van der Waals surface area contributed by atoms with Gasteiger partial charge in [-0.3, -0.25) is 4.40 Å². The van der Waals surface area contributed by atoms with E-state index in [2.05, 4.69) is 183 Å². The molecule has 0 saturated heterocycles. The molecule has 262 valence electrons. The maximum absolute atomic E-state index is 5.60. The highest BCUT2D eigenvalue weighted by atomic mass is 15.1. The van der Waals surface area contributed by atoms with Crippen LogP contribution in [0, 0.1) is 13.8 Å². The Morgan fingerprint density at radius 2 is 1.16 bits per heavy atom. The molecule has 12 rings (SSSR count). The Hall–Kier alpha value is -6.52. The molecular formula is C51H38N4. The molecular weight excluding hydrogens is 669 g/mol. The predicted molar refractivity (Wildman–Crippen MR) is 227 cm³/mol. The van der Waals surface area contributed by atoms with Crippen LogP contribution < -0.4 is 0 Å². The molecule has 10 aromatic rings. The minimum absolute atomic E-state index is 0.225. The van der Waals surface area contributed by atoms with Gasteiger partial charge in [0.25, 0.3) is 0 Å². The zero-order valence-electron chi connectivity index (χ0n) is 31.6. The molecule has 1 aliphatic heterocycles. The third-order valence-electron chi connectivity index (χ3n) is 12.7. The van der Waals surface area contributed by atoms with Gasteiger partial charge in [-0.15, -0.1) is 0 Å². The Bertz CT molecular complexity index is 3290. The van der Waals surface area contributed by atoms with Crippen molar-refractivity contribution < 1.29 is 0 Å². The zero-order valence-corrected chi connectivity index (χ0v) is 31.6. The van der Waals surface area contributed by atoms with E-state index < -0.39 is 5.41 Å². The number of fused-ring (bicyclic) bond motifs is 17. The van der Waals surface area contributed by atoms with Crippen LogP contribution >= 0.6 is 0 Å². The molecule has 7 aromatic carbocycles. The van der Waals surface area contributed by atoms with E-state index in [1.807, 2.05) is 0 Å². The molecule has 55 heavy (non-hydrogen) atoms. The van der Waals surface area contributed by atoms with Crippen molar-refractivity contribution in [3.8, 4) is 27.9 Å². The van der Waals surface area contributed by atoms with Gasteiger partial charge < -0.3 is 4.57 Å². The molecule has 0 radical (unpaired) electrons. The van der Waals surface area contributed by atoms with E-state index in [9.17, 15) is 0 Å². The average Bonchev–Trinajstić information content (AvgIpc) is 3.83. The van der Waals surface area contributed by atoms with Gasteiger partial charge in [0, 0.05) is 27.1 Å². The fourth-order valence-electron chi connectivity index (χ4n) is 10.2. The van der Waals surface area contributed by atoms with Gasteiger partial charge in [0.05, 0.1) is 38.7 Å². The van der Waals surface area contributed by atoms with Crippen molar-refractivity contribution in [3.63, 3.8) is 0 Å². The van der Waals surface area contributed by atoms with E-state index in [1.165, 1.54) is 72.0 Å². The van der Waals surface area contributed by atoms with E-state index >= 15 is 0 Å². The van der Waals surface area contributed by atoms with Gasteiger partial charge in [-0.25, -0.2) is 9.97 Å². The van der Waals surface area contributed by atoms with Crippen LogP contribution in [0.2, 0.25) is 0 Å². The Morgan fingerprint density at radius 3 is 1.95 bits per heavy atom. The van der Waals surface area contributed by atoms with Crippen molar-refractivity contribution in [2.24, 2.45) is 0 Å². The van der Waals surface area contributed by atoms with Crippen LogP contribution in [-0.2, 0) is 10.8 Å². The molecule has 4 heterocycles. The molecule has 0 amide bonds. The maximum atomic E-state index is 5.60. The lowest BCUT2D eigenvalue weighted by Crippen LogP contribution is -2.33. The van der Waals surface area contributed by atoms with E-state index in [4.69, 9.17) is 9.97 Å². The first-order valence-corrected chi connectivity index (χ1v) is 19.3. The van der Waals surface area contributed by atoms with Gasteiger partial charge in [0.1, 0.15) is 11.5 Å². The summed E-state index contributed by atoms with van der Waals surface area (Å²) in [4.78, 5) is 10.9. The van der Waals surface area contributed by atoms with Gasteiger partial charge >= 0.3 is 0 Å². The number of imidazole rings is 1. The summed E-state index contributed by atoms with van der Waals surface area (Å²) in [7, 11) is 0. The van der Waals surface area contributed by atoms with E-state index in [0.717, 1.165) is 44.5 Å². The number of para-hydroxylation sites is 3. The van der Waals surface area contributed by atoms with Gasteiger partial charge in [0.2, 0.25) is 0 Å². The average molecular weight is 707 g/mol. The Balaban J connectivity index is 1.21. The van der Waals surface area contributed by atoms with Crippen molar-refractivity contribution >= 4 is 49.4 Å². The third kappa shape index (κ3) is 3.77. The van der Waals surface area contributed by atoms with Crippen LogP contribution in [-0.4, -0.2) is 18.9 Å². The number of benzene rings is 7. The van der Waals surface area contributed by atoms with Gasteiger partial charge in [0.15, 0.2) is 0 Å². The lowest BCUT2D eigenvalue weighted by Gasteiger charge is -2.39. The van der Waals surface area contributed by atoms with Crippen LogP contribution in [0.4, 0.5) is 0 Å². The summed E-state index contributed by atoms with van der Waals surface area (Å²) in [5, 5.41) is 3.61. The van der Waals surface area contributed by atoms with Crippen molar-refractivity contribution in [2.75, 3.05) is 0 Å². The van der Waals surface area contributed by atoms with Crippen molar-refractivity contribution in [1.29, 1.82) is 0 Å². The topological polar surface area (TPSA) is 35.1 Å². The second-order valence-corrected chi connectivity index (χ2v) is 16.7. The first kappa shape index (κ1) is 30.9. The molecule has 0 fully saturated rings. The molecule has 0 N–H and O–H groups in total. The molecule has 1 spiro atoms. The standard InChI is InChI=1S/C51H38N4/c1-29-26-42-45(27-30(29)2)55-48(52-42)37-19-12-17-32(46(37)53-49(55)50(3,4)5)31-24-25-40-44(28-31)54-43-23-11-8-16-35(43)36-18-13-22-41(47(36)54)51(40)38-20-9-6-14-33(38)34-15-7-10-21-39(34)51/h6-28H,1-5H3. The molecule has 3 aromatic heterocycles. The summed E-state index contributed by atoms with van der Waals surface area (Å²) < 4.78 is 4.84. The second kappa shape index (κ2) is 10.4. The number of nitrogens with zero attached hydrogens (tertiary/aromatic N) is 4. The van der Waals surface area contributed by atoms with Crippen LogP contribution in [0.1, 0.15) is 60.0 Å². The third-order valence-corrected chi connectivity index (χ3v) is 12.7. The molecule has 0 bridgehead atoms. The molecule has 0 unspecified atom stereocenters. The quantitative estimate of drug-likeness (QED) is 0.170. The largest absolute Gasteiger partial charge is 0.309 e. The van der Waals surface area contributed by atoms with Gasteiger partial charge in [-0.2, -0.15) is 0 Å². The highest BCUT2D eigenvalue weighted by molar-refractivity contribution is 6.13. The number of hydrogen-bond donors (Lipinski definition) is 0. The number of aryl methyl sites for hydroxylation is 2. The highest BCUT2D eigenvalue weighted by Gasteiger charge is 2.50. The smallest absolute Gasteiger partial charge is 0.148 e. The molecule has 4 nitrogen and oxygen atoms in total. The first-order chi connectivity index (χ1) is 26.7. The molecule has 2 aliphatic rings. The highest BCUT2D eigenvalue weighted by Crippen LogP contribution is 2.61. The number of hydrogen-bond acceptors (Lipinski definition) is 2. The fourth-order valence-corrected chi connectivity index (χ4v) is 10.2. The monoisotopic (exact) mass is 706 g/mol. The lowest BCUT2D eigenvalue weighted by atomic mass is 9.65. The van der Waals surface area contributed by atoms with Crippen LogP contribution in [0.5, 0.6) is 0 Å². The number of aromatic nitrogens is 4.